The predicted molar refractivity (Wildman–Crippen MR) is 63.7 cm³/mol. The monoisotopic (exact) mass is 200 g/mol. The van der Waals surface area contributed by atoms with Gasteiger partial charge in [0.1, 0.15) is 0 Å². The highest BCUT2D eigenvalue weighted by molar-refractivity contribution is 5.84. The van der Waals surface area contributed by atoms with Gasteiger partial charge in [0.15, 0.2) is 0 Å². The van der Waals surface area contributed by atoms with Crippen molar-refractivity contribution in [3.63, 3.8) is 0 Å². The molecule has 0 aliphatic carbocycles. The van der Waals surface area contributed by atoms with Crippen molar-refractivity contribution < 1.29 is 0 Å². The third-order valence-corrected chi connectivity index (χ3v) is 2.38. The first kappa shape index (κ1) is 10.1. The summed E-state index contributed by atoms with van der Waals surface area (Å²) >= 11 is 0. The summed E-state index contributed by atoms with van der Waals surface area (Å²) in [6.07, 6.45) is 2.65. The van der Waals surface area contributed by atoms with Gasteiger partial charge in [-0.1, -0.05) is 24.3 Å². The maximum Gasteiger partial charge on any atom is 0.0499 e. The van der Waals surface area contributed by atoms with Crippen LogP contribution in [0.25, 0.3) is 10.8 Å². The van der Waals surface area contributed by atoms with Gasteiger partial charge in [-0.15, -0.1) is 0 Å². The van der Waals surface area contributed by atoms with E-state index in [1.165, 1.54) is 10.8 Å². The zero-order chi connectivity index (χ0) is 10.9. The lowest BCUT2D eigenvalue weighted by Gasteiger charge is -2.18. The molecule has 1 aromatic carbocycles. The minimum Gasteiger partial charge on any atom is -0.325 e. The molecule has 2 N–H and O–H groups in total. The van der Waals surface area contributed by atoms with Crippen LogP contribution in [0.2, 0.25) is 0 Å². The van der Waals surface area contributed by atoms with Gasteiger partial charge >= 0.3 is 0 Å². The van der Waals surface area contributed by atoms with Crippen molar-refractivity contribution >= 4 is 10.8 Å². The van der Waals surface area contributed by atoms with Crippen LogP contribution in [0.15, 0.2) is 36.5 Å². The number of aromatic nitrogens is 1. The molecule has 0 spiro atoms. The summed E-state index contributed by atoms with van der Waals surface area (Å²) in [6, 6.07) is 10.3. The van der Waals surface area contributed by atoms with E-state index in [0.717, 1.165) is 12.1 Å². The molecule has 0 amide bonds. The summed E-state index contributed by atoms with van der Waals surface area (Å²) in [7, 11) is 0. The summed E-state index contributed by atoms with van der Waals surface area (Å²) < 4.78 is 0. The molecule has 15 heavy (non-hydrogen) atoms. The van der Waals surface area contributed by atoms with Gasteiger partial charge < -0.3 is 5.73 Å². The van der Waals surface area contributed by atoms with Crippen molar-refractivity contribution in [3.05, 3.63) is 42.2 Å². The average molecular weight is 200 g/mol. The SMILES string of the molecule is CC(C)(N)Cc1nccc2ccccc12. The van der Waals surface area contributed by atoms with Crippen LogP contribution in [0, 0.1) is 0 Å². The molecule has 0 aliphatic rings. The van der Waals surface area contributed by atoms with Gasteiger partial charge in [-0.2, -0.15) is 0 Å². The summed E-state index contributed by atoms with van der Waals surface area (Å²) in [5, 5.41) is 2.44. The van der Waals surface area contributed by atoms with Gasteiger partial charge in [0, 0.05) is 29.2 Å². The standard InChI is InChI=1S/C13H16N2/c1-13(2,14)9-12-11-6-4-3-5-10(11)7-8-15-12/h3-8H,9,14H2,1-2H3. The number of nitrogens with zero attached hydrogens (tertiary/aromatic N) is 1. The van der Waals surface area contributed by atoms with Crippen LogP contribution >= 0.6 is 0 Å². The third-order valence-electron chi connectivity index (χ3n) is 2.38. The Morgan fingerprint density at radius 2 is 1.93 bits per heavy atom. The second kappa shape index (κ2) is 3.63. The highest BCUT2D eigenvalue weighted by Crippen LogP contribution is 2.19. The molecule has 2 nitrogen and oxygen atoms in total. The number of nitrogens with two attached hydrogens (primary N) is 1. The summed E-state index contributed by atoms with van der Waals surface area (Å²) in [6.45, 7) is 4.05. The lowest BCUT2D eigenvalue weighted by atomic mass is 9.96. The molecule has 0 atom stereocenters. The van der Waals surface area contributed by atoms with Crippen LogP contribution in [0.1, 0.15) is 19.5 Å². The molecule has 2 aromatic rings. The molecule has 0 radical (unpaired) electrons. The zero-order valence-corrected chi connectivity index (χ0v) is 9.20. The Morgan fingerprint density at radius 3 is 2.67 bits per heavy atom. The summed E-state index contributed by atoms with van der Waals surface area (Å²) in [5.74, 6) is 0. The zero-order valence-electron chi connectivity index (χ0n) is 9.20. The molecule has 0 bridgehead atoms. The van der Waals surface area contributed by atoms with Gasteiger partial charge in [-0.3, -0.25) is 4.98 Å². The van der Waals surface area contributed by atoms with E-state index in [9.17, 15) is 0 Å². The van der Waals surface area contributed by atoms with E-state index >= 15 is 0 Å². The third kappa shape index (κ3) is 2.34. The number of hydrogen-bond donors (Lipinski definition) is 1. The smallest absolute Gasteiger partial charge is 0.0499 e. The van der Waals surface area contributed by atoms with Crippen LogP contribution in [-0.4, -0.2) is 10.5 Å². The van der Waals surface area contributed by atoms with E-state index < -0.39 is 0 Å². The first-order valence-corrected chi connectivity index (χ1v) is 5.18. The molecule has 2 heteroatoms. The lowest BCUT2D eigenvalue weighted by molar-refractivity contribution is 0.512. The van der Waals surface area contributed by atoms with Gasteiger partial charge in [0.05, 0.1) is 0 Å². The maximum atomic E-state index is 6.02. The number of fused-ring (bicyclic) bond motifs is 1. The minimum atomic E-state index is -0.211. The van der Waals surface area contributed by atoms with Gasteiger partial charge in [-0.05, 0) is 25.3 Å². The highest BCUT2D eigenvalue weighted by Gasteiger charge is 2.14. The van der Waals surface area contributed by atoms with E-state index in [1.54, 1.807) is 0 Å². The van der Waals surface area contributed by atoms with Crippen LogP contribution in [0.5, 0.6) is 0 Å². The van der Waals surface area contributed by atoms with Crippen molar-refractivity contribution in [1.82, 2.24) is 4.98 Å². The number of rotatable bonds is 2. The fourth-order valence-corrected chi connectivity index (χ4v) is 1.75. The molecule has 0 saturated heterocycles. The molecule has 78 valence electrons. The highest BCUT2D eigenvalue weighted by atomic mass is 14.7. The fraction of sp³-hybridized carbons (Fsp3) is 0.308. The van der Waals surface area contributed by atoms with E-state index in [2.05, 4.69) is 17.1 Å². The van der Waals surface area contributed by atoms with E-state index in [-0.39, 0.29) is 5.54 Å². The summed E-state index contributed by atoms with van der Waals surface area (Å²) in [5.41, 5.74) is 6.89. The topological polar surface area (TPSA) is 38.9 Å². The molecular weight excluding hydrogens is 184 g/mol. The Kier molecular flexibility index (Phi) is 2.45. The van der Waals surface area contributed by atoms with Crippen LogP contribution in [0.3, 0.4) is 0 Å². The largest absolute Gasteiger partial charge is 0.325 e. The Labute approximate surface area is 90.1 Å². The molecule has 0 unspecified atom stereocenters. The Hall–Kier alpha value is -1.41. The second-order valence-electron chi connectivity index (χ2n) is 4.64. The molecule has 0 saturated carbocycles. The van der Waals surface area contributed by atoms with Crippen LogP contribution in [0.4, 0.5) is 0 Å². The van der Waals surface area contributed by atoms with E-state index in [4.69, 9.17) is 5.73 Å². The van der Waals surface area contributed by atoms with Crippen LogP contribution in [-0.2, 0) is 6.42 Å². The number of pyridine rings is 1. The van der Waals surface area contributed by atoms with Crippen molar-refractivity contribution in [1.29, 1.82) is 0 Å². The number of hydrogen-bond acceptors (Lipinski definition) is 2. The molecule has 1 aromatic heterocycles. The first-order valence-electron chi connectivity index (χ1n) is 5.18. The first-order chi connectivity index (χ1) is 7.06. The van der Waals surface area contributed by atoms with Crippen molar-refractivity contribution in [2.75, 3.05) is 0 Å². The Balaban J connectivity index is 2.52. The Bertz CT molecular complexity index is 464. The number of benzene rings is 1. The second-order valence-corrected chi connectivity index (χ2v) is 4.64. The molecule has 2 rings (SSSR count). The lowest BCUT2D eigenvalue weighted by Crippen LogP contribution is -2.34. The van der Waals surface area contributed by atoms with E-state index in [1.807, 2.05) is 38.2 Å². The van der Waals surface area contributed by atoms with E-state index in [0.29, 0.717) is 0 Å². The molecular formula is C13H16N2. The maximum absolute atomic E-state index is 6.02. The van der Waals surface area contributed by atoms with Crippen molar-refractivity contribution in [3.8, 4) is 0 Å². The van der Waals surface area contributed by atoms with Gasteiger partial charge in [0.2, 0.25) is 0 Å². The van der Waals surface area contributed by atoms with Crippen LogP contribution < -0.4 is 5.73 Å². The predicted octanol–water partition coefficient (Wildman–Crippen LogP) is 2.51. The van der Waals surface area contributed by atoms with Gasteiger partial charge in [0.25, 0.3) is 0 Å². The Morgan fingerprint density at radius 1 is 1.20 bits per heavy atom. The van der Waals surface area contributed by atoms with Crippen molar-refractivity contribution in [2.45, 2.75) is 25.8 Å². The normalized spacial score (nSPS) is 11.9. The quantitative estimate of drug-likeness (QED) is 0.809. The van der Waals surface area contributed by atoms with Gasteiger partial charge in [-0.25, -0.2) is 0 Å². The molecule has 0 aliphatic heterocycles. The fourth-order valence-electron chi connectivity index (χ4n) is 1.75. The molecule has 1 heterocycles. The molecule has 0 fully saturated rings. The average Bonchev–Trinajstić information content (AvgIpc) is 2.16. The van der Waals surface area contributed by atoms with Crippen molar-refractivity contribution in [2.24, 2.45) is 5.73 Å². The minimum absolute atomic E-state index is 0.211. The summed E-state index contributed by atoms with van der Waals surface area (Å²) in [4.78, 5) is 4.41.